The second-order valence-electron chi connectivity index (χ2n) is 3.59. The Morgan fingerprint density at radius 3 is 2.75 bits per heavy atom. The molecule has 0 amide bonds. The highest BCUT2D eigenvalue weighted by Crippen LogP contribution is 2.34. The van der Waals surface area contributed by atoms with Gasteiger partial charge < -0.3 is 10.2 Å². The highest BCUT2D eigenvalue weighted by molar-refractivity contribution is 8.00. The average molecular weight is 240 g/mol. The van der Waals surface area contributed by atoms with Crippen molar-refractivity contribution in [3.8, 4) is 0 Å². The van der Waals surface area contributed by atoms with E-state index in [4.69, 9.17) is 15.0 Å². The number of thioether (sulfide) groups is 1. The summed E-state index contributed by atoms with van der Waals surface area (Å²) in [5.41, 5.74) is 1.44. The van der Waals surface area contributed by atoms with Crippen LogP contribution in [0.3, 0.4) is 0 Å². The third kappa shape index (κ3) is 4.24. The third-order valence-corrected chi connectivity index (χ3v) is 3.58. The smallest absolute Gasteiger partial charge is 0.300 e. The summed E-state index contributed by atoms with van der Waals surface area (Å²) in [7, 11) is 0. The van der Waals surface area contributed by atoms with Crippen LogP contribution in [0.1, 0.15) is 18.9 Å². The molecule has 0 aromatic heterocycles. The lowest BCUT2D eigenvalue weighted by atomic mass is 10.1. The standard InChI is InChI=1S/C10H12OS.C2H4O2/c11-7-9-6-5-8-3-1-2-4-10(8)12-9;1-2(3)4/h1-4,9,11H,5-7H2;1H3,(H,3,4). The Morgan fingerprint density at radius 1 is 1.50 bits per heavy atom. The van der Waals surface area contributed by atoms with E-state index >= 15 is 0 Å². The lowest BCUT2D eigenvalue weighted by Crippen LogP contribution is -2.14. The molecule has 1 aliphatic heterocycles. The molecule has 1 aromatic rings. The highest BCUT2D eigenvalue weighted by atomic mass is 32.2. The summed E-state index contributed by atoms with van der Waals surface area (Å²) >= 11 is 1.81. The number of aliphatic hydroxyl groups excluding tert-OH is 1. The minimum absolute atomic E-state index is 0.305. The molecule has 0 saturated carbocycles. The maximum Gasteiger partial charge on any atom is 0.300 e. The van der Waals surface area contributed by atoms with Crippen LogP contribution in [0.25, 0.3) is 0 Å². The molecule has 2 rings (SSSR count). The van der Waals surface area contributed by atoms with E-state index in [2.05, 4.69) is 24.3 Å². The zero-order chi connectivity index (χ0) is 12.0. The first kappa shape index (κ1) is 13.1. The minimum Gasteiger partial charge on any atom is -0.481 e. The zero-order valence-electron chi connectivity index (χ0n) is 9.22. The van der Waals surface area contributed by atoms with Crippen molar-refractivity contribution in [2.45, 2.75) is 29.9 Å². The first-order valence-electron chi connectivity index (χ1n) is 5.18. The number of benzene rings is 1. The quantitative estimate of drug-likeness (QED) is 0.790. The Bertz CT molecular complexity index is 348. The summed E-state index contributed by atoms with van der Waals surface area (Å²) in [6, 6.07) is 8.46. The summed E-state index contributed by atoms with van der Waals surface area (Å²) in [4.78, 5) is 10.3. The highest BCUT2D eigenvalue weighted by Gasteiger charge is 2.17. The fraction of sp³-hybridized carbons (Fsp3) is 0.417. The van der Waals surface area contributed by atoms with Gasteiger partial charge in [-0.15, -0.1) is 11.8 Å². The van der Waals surface area contributed by atoms with Crippen molar-refractivity contribution in [2.75, 3.05) is 6.61 Å². The van der Waals surface area contributed by atoms with Crippen LogP contribution in [0, 0.1) is 0 Å². The third-order valence-electron chi connectivity index (χ3n) is 2.21. The van der Waals surface area contributed by atoms with Crippen LogP contribution in [0.5, 0.6) is 0 Å². The number of hydrogen-bond acceptors (Lipinski definition) is 3. The van der Waals surface area contributed by atoms with Crippen LogP contribution in [-0.4, -0.2) is 28.0 Å². The van der Waals surface area contributed by atoms with Gasteiger partial charge in [-0.2, -0.15) is 0 Å². The van der Waals surface area contributed by atoms with Crippen molar-refractivity contribution in [3.63, 3.8) is 0 Å². The van der Waals surface area contributed by atoms with Crippen LogP contribution < -0.4 is 0 Å². The van der Waals surface area contributed by atoms with Gasteiger partial charge in [-0.3, -0.25) is 4.79 Å². The molecule has 1 heterocycles. The molecule has 4 heteroatoms. The lowest BCUT2D eigenvalue weighted by Gasteiger charge is -2.21. The van der Waals surface area contributed by atoms with Crippen LogP contribution in [0.15, 0.2) is 29.2 Å². The van der Waals surface area contributed by atoms with Crippen LogP contribution in [0.2, 0.25) is 0 Å². The molecule has 0 saturated heterocycles. The number of aryl methyl sites for hydroxylation is 1. The van der Waals surface area contributed by atoms with Gasteiger partial charge in [0, 0.05) is 17.1 Å². The predicted octanol–water partition coefficient (Wildman–Crippen LogP) is 2.18. The van der Waals surface area contributed by atoms with Crippen molar-refractivity contribution in [2.24, 2.45) is 0 Å². The molecule has 1 aromatic carbocycles. The van der Waals surface area contributed by atoms with E-state index < -0.39 is 5.97 Å². The molecule has 88 valence electrons. The fourth-order valence-electron chi connectivity index (χ4n) is 1.51. The van der Waals surface area contributed by atoms with Gasteiger partial charge in [-0.25, -0.2) is 0 Å². The molecule has 0 aliphatic carbocycles. The maximum absolute atomic E-state index is 9.00. The van der Waals surface area contributed by atoms with E-state index in [1.807, 2.05) is 0 Å². The van der Waals surface area contributed by atoms with Gasteiger partial charge >= 0.3 is 0 Å². The first-order valence-corrected chi connectivity index (χ1v) is 6.06. The molecular formula is C12H16O3S. The molecule has 1 atom stereocenters. The lowest BCUT2D eigenvalue weighted by molar-refractivity contribution is -0.134. The second kappa shape index (κ2) is 6.55. The summed E-state index contributed by atoms with van der Waals surface area (Å²) in [5.74, 6) is -0.833. The van der Waals surface area contributed by atoms with Gasteiger partial charge in [0.05, 0.1) is 6.61 Å². The molecule has 1 unspecified atom stereocenters. The van der Waals surface area contributed by atoms with Gasteiger partial charge in [-0.1, -0.05) is 18.2 Å². The molecule has 0 spiro atoms. The Labute approximate surface area is 99.5 Å². The van der Waals surface area contributed by atoms with Crippen molar-refractivity contribution < 1.29 is 15.0 Å². The Hall–Kier alpha value is -1.00. The molecule has 16 heavy (non-hydrogen) atoms. The summed E-state index contributed by atoms with van der Waals surface area (Å²) < 4.78 is 0. The number of aliphatic hydroxyl groups is 1. The van der Waals surface area contributed by atoms with E-state index in [0.717, 1.165) is 19.8 Å². The Balaban J connectivity index is 0.000000280. The Kier molecular flexibility index (Phi) is 5.35. The van der Waals surface area contributed by atoms with E-state index in [1.165, 1.54) is 10.5 Å². The number of hydrogen-bond donors (Lipinski definition) is 2. The minimum atomic E-state index is -0.833. The van der Waals surface area contributed by atoms with Crippen LogP contribution in [-0.2, 0) is 11.2 Å². The van der Waals surface area contributed by atoms with E-state index in [1.54, 1.807) is 11.8 Å². The maximum atomic E-state index is 9.00. The van der Waals surface area contributed by atoms with Crippen molar-refractivity contribution in [1.82, 2.24) is 0 Å². The van der Waals surface area contributed by atoms with Gasteiger partial charge in [0.1, 0.15) is 0 Å². The number of rotatable bonds is 1. The zero-order valence-corrected chi connectivity index (χ0v) is 10.0. The van der Waals surface area contributed by atoms with E-state index in [9.17, 15) is 0 Å². The summed E-state index contributed by atoms with van der Waals surface area (Å²) in [5, 5.41) is 16.8. The average Bonchev–Trinajstić information content (AvgIpc) is 2.27. The molecule has 2 N–H and O–H groups in total. The molecular weight excluding hydrogens is 224 g/mol. The van der Waals surface area contributed by atoms with Crippen molar-refractivity contribution >= 4 is 17.7 Å². The van der Waals surface area contributed by atoms with Gasteiger partial charge in [0.25, 0.3) is 5.97 Å². The molecule has 1 aliphatic rings. The molecule has 0 bridgehead atoms. The van der Waals surface area contributed by atoms with Crippen molar-refractivity contribution in [3.05, 3.63) is 29.8 Å². The van der Waals surface area contributed by atoms with Gasteiger partial charge in [0.15, 0.2) is 0 Å². The molecule has 0 fully saturated rings. The SMILES string of the molecule is CC(=O)O.OCC1CCc2ccccc2S1. The Morgan fingerprint density at radius 2 is 2.12 bits per heavy atom. The normalized spacial score (nSPS) is 18.0. The summed E-state index contributed by atoms with van der Waals surface area (Å²) in [6.07, 6.45) is 2.23. The monoisotopic (exact) mass is 240 g/mol. The number of aliphatic carboxylic acids is 1. The van der Waals surface area contributed by atoms with Gasteiger partial charge in [-0.05, 0) is 24.5 Å². The fourth-order valence-corrected chi connectivity index (χ4v) is 2.66. The molecule has 0 radical (unpaired) electrons. The topological polar surface area (TPSA) is 57.5 Å². The van der Waals surface area contributed by atoms with Crippen molar-refractivity contribution in [1.29, 1.82) is 0 Å². The van der Waals surface area contributed by atoms with E-state index in [-0.39, 0.29) is 0 Å². The number of carboxylic acid groups (broad SMARTS) is 1. The molecule has 3 nitrogen and oxygen atoms in total. The number of carboxylic acids is 1. The largest absolute Gasteiger partial charge is 0.481 e. The van der Waals surface area contributed by atoms with Crippen LogP contribution in [0.4, 0.5) is 0 Å². The predicted molar refractivity (Wildman–Crippen MR) is 64.8 cm³/mol. The number of fused-ring (bicyclic) bond motifs is 1. The second-order valence-corrected chi connectivity index (χ2v) is 4.93. The van der Waals surface area contributed by atoms with Crippen LogP contribution >= 0.6 is 11.8 Å². The van der Waals surface area contributed by atoms with E-state index in [0.29, 0.717) is 11.9 Å². The first-order chi connectivity index (χ1) is 7.63. The summed E-state index contributed by atoms with van der Waals surface area (Å²) in [6.45, 7) is 1.39. The van der Waals surface area contributed by atoms with Gasteiger partial charge in [0.2, 0.25) is 0 Å². The number of carbonyl (C=O) groups is 1.